The lowest BCUT2D eigenvalue weighted by molar-refractivity contribution is 1.25. The highest BCUT2D eigenvalue weighted by Crippen LogP contribution is 2.05. The molecule has 0 bridgehead atoms. The maximum absolute atomic E-state index is 4.35. The summed E-state index contributed by atoms with van der Waals surface area (Å²) in [7, 11) is 0. The van der Waals surface area contributed by atoms with Crippen LogP contribution in [0.4, 0.5) is 0 Å². The maximum Gasteiger partial charge on any atom is 0.128 e. The maximum atomic E-state index is 4.35. The van der Waals surface area contributed by atoms with Crippen LogP contribution < -0.4 is 0 Å². The van der Waals surface area contributed by atoms with Crippen LogP contribution in [0.5, 0.6) is 0 Å². The molecule has 0 N–H and O–H groups in total. The van der Waals surface area contributed by atoms with Crippen molar-refractivity contribution >= 4 is 11.5 Å². The van der Waals surface area contributed by atoms with Crippen molar-refractivity contribution < 1.29 is 0 Å². The largest absolute Gasteiger partial charge is 0.264 e. The van der Waals surface area contributed by atoms with E-state index in [-0.39, 0.29) is 0 Å². The van der Waals surface area contributed by atoms with Crippen LogP contribution in [0, 0.1) is 0 Å². The van der Waals surface area contributed by atoms with Crippen LogP contribution >= 0.6 is 0 Å². The Hall–Kier alpha value is -1.44. The van der Waals surface area contributed by atoms with Gasteiger partial charge in [0.05, 0.1) is 6.54 Å². The lowest BCUT2D eigenvalue weighted by Crippen LogP contribution is -1.96. The molecule has 13 heavy (non-hydrogen) atoms. The predicted octanol–water partition coefficient (Wildman–Crippen LogP) is 2.10. The first-order valence-corrected chi connectivity index (χ1v) is 4.46. The Morgan fingerprint density at radius 3 is 2.62 bits per heavy atom. The van der Waals surface area contributed by atoms with Crippen molar-refractivity contribution in [2.45, 2.75) is 13.3 Å². The molecule has 0 aliphatic carbocycles. The zero-order chi connectivity index (χ0) is 9.10. The summed E-state index contributed by atoms with van der Waals surface area (Å²) in [6.45, 7) is 2.80. The zero-order valence-corrected chi connectivity index (χ0v) is 7.70. The molecule has 1 aliphatic rings. The molecule has 0 aromatic heterocycles. The second kappa shape index (κ2) is 3.52. The quantitative estimate of drug-likeness (QED) is 0.652. The molecule has 0 fully saturated rings. The van der Waals surface area contributed by atoms with E-state index < -0.39 is 0 Å². The average Bonchev–Trinajstić information content (AvgIpc) is 2.53. The fourth-order valence-electron chi connectivity index (χ4n) is 1.37. The van der Waals surface area contributed by atoms with Crippen LogP contribution in [0.3, 0.4) is 0 Å². The Balaban J connectivity index is 2.08. The Labute approximate surface area is 78.0 Å². The highest BCUT2D eigenvalue weighted by atomic mass is 15.0. The van der Waals surface area contributed by atoms with Crippen molar-refractivity contribution in [3.8, 4) is 0 Å². The minimum absolute atomic E-state index is 0.780. The fraction of sp³-hybridized carbons (Fsp3) is 0.273. The summed E-state index contributed by atoms with van der Waals surface area (Å²) >= 11 is 0. The topological polar surface area (TPSA) is 24.7 Å². The van der Waals surface area contributed by atoms with Gasteiger partial charge in [-0.2, -0.15) is 0 Å². The van der Waals surface area contributed by atoms with Gasteiger partial charge in [0, 0.05) is 12.1 Å². The third kappa shape index (κ3) is 2.02. The molecule has 1 aliphatic heterocycles. The van der Waals surface area contributed by atoms with E-state index in [0.29, 0.717) is 0 Å². The number of rotatable bonds is 2. The van der Waals surface area contributed by atoms with Gasteiger partial charge in [0.1, 0.15) is 5.84 Å². The molecule has 0 saturated carbocycles. The van der Waals surface area contributed by atoms with Gasteiger partial charge in [-0.15, -0.1) is 0 Å². The van der Waals surface area contributed by atoms with Crippen molar-refractivity contribution in [1.29, 1.82) is 0 Å². The Morgan fingerprint density at radius 2 is 2.00 bits per heavy atom. The van der Waals surface area contributed by atoms with E-state index in [9.17, 15) is 0 Å². The average molecular weight is 172 g/mol. The molecule has 2 rings (SSSR count). The van der Waals surface area contributed by atoms with Gasteiger partial charge < -0.3 is 0 Å². The van der Waals surface area contributed by atoms with Gasteiger partial charge in [0.2, 0.25) is 0 Å². The van der Waals surface area contributed by atoms with E-state index in [2.05, 4.69) is 22.1 Å². The zero-order valence-electron chi connectivity index (χ0n) is 7.70. The molecule has 2 heteroatoms. The van der Waals surface area contributed by atoms with E-state index in [1.165, 1.54) is 5.56 Å². The second-order valence-electron chi connectivity index (χ2n) is 3.24. The molecule has 0 radical (unpaired) electrons. The number of amidine groups is 1. The Morgan fingerprint density at radius 1 is 1.23 bits per heavy atom. The smallest absolute Gasteiger partial charge is 0.128 e. The van der Waals surface area contributed by atoms with Gasteiger partial charge >= 0.3 is 0 Å². The van der Waals surface area contributed by atoms with Crippen molar-refractivity contribution in [3.05, 3.63) is 35.9 Å². The molecule has 66 valence electrons. The molecule has 0 spiro atoms. The number of nitrogens with zero attached hydrogens (tertiary/aromatic N) is 2. The van der Waals surface area contributed by atoms with Crippen LogP contribution in [0.1, 0.15) is 12.5 Å². The first-order chi connectivity index (χ1) is 6.34. The summed E-state index contributed by atoms with van der Waals surface area (Å²) in [5.74, 6) is 0.962. The fourth-order valence-corrected chi connectivity index (χ4v) is 1.37. The standard InChI is InChI=1S/C11H12N2/c1-9-8-12-11(13-9)7-10-5-3-2-4-6-10/h2-6H,7-8H2,1H3. The monoisotopic (exact) mass is 172 g/mol. The van der Waals surface area contributed by atoms with Crippen LogP contribution in [0.25, 0.3) is 0 Å². The lowest BCUT2D eigenvalue weighted by Gasteiger charge is -1.96. The van der Waals surface area contributed by atoms with E-state index >= 15 is 0 Å². The van der Waals surface area contributed by atoms with Crippen molar-refractivity contribution in [3.63, 3.8) is 0 Å². The van der Waals surface area contributed by atoms with Gasteiger partial charge in [-0.05, 0) is 12.5 Å². The highest BCUT2D eigenvalue weighted by Gasteiger charge is 2.05. The predicted molar refractivity (Wildman–Crippen MR) is 55.6 cm³/mol. The molecule has 1 heterocycles. The number of hydrogen-bond acceptors (Lipinski definition) is 2. The number of hydrogen-bond donors (Lipinski definition) is 0. The number of benzene rings is 1. The summed E-state index contributed by atoms with van der Waals surface area (Å²) in [6.07, 6.45) is 0.859. The lowest BCUT2D eigenvalue weighted by atomic mass is 10.1. The third-order valence-electron chi connectivity index (χ3n) is 2.02. The minimum atomic E-state index is 0.780. The Kier molecular flexibility index (Phi) is 2.21. The summed E-state index contributed by atoms with van der Waals surface area (Å²) < 4.78 is 0. The van der Waals surface area contributed by atoms with Gasteiger partial charge in [0.25, 0.3) is 0 Å². The normalized spacial score (nSPS) is 15.5. The van der Waals surface area contributed by atoms with Crippen LogP contribution in [-0.2, 0) is 6.42 Å². The van der Waals surface area contributed by atoms with Crippen molar-refractivity contribution in [1.82, 2.24) is 0 Å². The van der Waals surface area contributed by atoms with Gasteiger partial charge in [-0.1, -0.05) is 30.3 Å². The molecule has 1 aromatic rings. The third-order valence-corrected chi connectivity index (χ3v) is 2.02. The minimum Gasteiger partial charge on any atom is -0.264 e. The van der Waals surface area contributed by atoms with E-state index in [1.807, 2.05) is 25.1 Å². The van der Waals surface area contributed by atoms with Crippen molar-refractivity contribution in [2.24, 2.45) is 9.98 Å². The summed E-state index contributed by atoms with van der Waals surface area (Å²) in [4.78, 5) is 8.68. The molecule has 0 unspecified atom stereocenters. The van der Waals surface area contributed by atoms with Gasteiger partial charge in [0.15, 0.2) is 0 Å². The van der Waals surface area contributed by atoms with Crippen LogP contribution in [0.15, 0.2) is 40.3 Å². The number of aliphatic imine (C=N–C) groups is 2. The molecular formula is C11H12N2. The van der Waals surface area contributed by atoms with E-state index in [0.717, 1.165) is 24.5 Å². The second-order valence-corrected chi connectivity index (χ2v) is 3.24. The van der Waals surface area contributed by atoms with Crippen LogP contribution in [-0.4, -0.2) is 18.1 Å². The first kappa shape index (κ1) is 8.17. The summed E-state index contributed by atoms with van der Waals surface area (Å²) in [5.41, 5.74) is 2.39. The van der Waals surface area contributed by atoms with Crippen LogP contribution in [0.2, 0.25) is 0 Å². The first-order valence-electron chi connectivity index (χ1n) is 4.46. The molecule has 0 saturated heterocycles. The molecule has 0 amide bonds. The molecule has 1 aromatic carbocycles. The molecule has 2 nitrogen and oxygen atoms in total. The van der Waals surface area contributed by atoms with Gasteiger partial charge in [-0.3, -0.25) is 4.99 Å². The van der Waals surface area contributed by atoms with Gasteiger partial charge in [-0.25, -0.2) is 4.99 Å². The Bertz CT molecular complexity index is 350. The highest BCUT2D eigenvalue weighted by molar-refractivity contribution is 6.03. The molecular weight excluding hydrogens is 160 g/mol. The van der Waals surface area contributed by atoms with E-state index in [1.54, 1.807) is 0 Å². The SMILES string of the molecule is CC1=NC(Cc2ccccc2)=NC1. The van der Waals surface area contributed by atoms with Crippen molar-refractivity contribution in [2.75, 3.05) is 6.54 Å². The summed E-state index contributed by atoms with van der Waals surface area (Å²) in [6, 6.07) is 10.3. The summed E-state index contributed by atoms with van der Waals surface area (Å²) in [5, 5.41) is 0. The molecule has 0 atom stereocenters. The van der Waals surface area contributed by atoms with E-state index in [4.69, 9.17) is 0 Å².